The lowest BCUT2D eigenvalue weighted by Gasteiger charge is -2.16. The first-order valence-corrected chi connectivity index (χ1v) is 11.1. The molecule has 0 aromatic heterocycles. The van der Waals surface area contributed by atoms with Crippen LogP contribution in [0.15, 0.2) is 34.8 Å². The van der Waals surface area contributed by atoms with E-state index in [-0.39, 0.29) is 10.7 Å². The first-order valence-electron chi connectivity index (χ1n) is 9.37. The minimum Gasteiger partial charge on any atom is -0.420 e. The summed E-state index contributed by atoms with van der Waals surface area (Å²) in [6, 6.07) is 5.88. The third-order valence-corrected chi connectivity index (χ3v) is 5.52. The molecule has 0 aliphatic heterocycles. The van der Waals surface area contributed by atoms with Gasteiger partial charge in [0, 0.05) is 11.4 Å². The molecule has 0 bridgehead atoms. The van der Waals surface area contributed by atoms with Gasteiger partial charge in [0.2, 0.25) is 0 Å². The summed E-state index contributed by atoms with van der Waals surface area (Å²) in [5.41, 5.74) is -0.268. The van der Waals surface area contributed by atoms with E-state index in [1.165, 1.54) is 6.07 Å². The highest BCUT2D eigenvalue weighted by molar-refractivity contribution is 9.10. The number of aryl methyl sites for hydroxylation is 1. The number of halogens is 7. The molecule has 3 aromatic rings. The zero-order valence-corrected chi connectivity index (χ0v) is 20.9. The van der Waals surface area contributed by atoms with Crippen molar-refractivity contribution in [3.63, 3.8) is 0 Å². The molecule has 1 atom stereocenters. The molecule has 0 aliphatic rings. The monoisotopic (exact) mass is 567 g/mol. The number of carbonyl (C=O) groups is 1. The van der Waals surface area contributed by atoms with E-state index in [9.17, 15) is 26.7 Å². The van der Waals surface area contributed by atoms with Gasteiger partial charge in [0.1, 0.15) is 0 Å². The highest BCUT2D eigenvalue weighted by Gasteiger charge is 2.26. The summed E-state index contributed by atoms with van der Waals surface area (Å²) in [5.74, 6) is -9.35. The van der Waals surface area contributed by atoms with Gasteiger partial charge in [0.25, 0.3) is 0 Å². The summed E-state index contributed by atoms with van der Waals surface area (Å²) < 4.78 is 74.5. The Labute approximate surface area is 202 Å². The number of hydrogen-bond donors (Lipinski definition) is 1. The van der Waals surface area contributed by atoms with E-state index in [0.717, 1.165) is 11.6 Å². The lowest BCUT2D eigenvalue weighted by atomic mass is 10.1. The smallest absolute Gasteiger partial charge is 0.345 e. The first-order chi connectivity index (χ1) is 15.5. The van der Waals surface area contributed by atoms with E-state index in [4.69, 9.17) is 16.3 Å². The van der Waals surface area contributed by atoms with Gasteiger partial charge in [0.15, 0.2) is 34.8 Å². The van der Waals surface area contributed by atoms with Crippen LogP contribution < -0.4 is 15.4 Å². The van der Waals surface area contributed by atoms with Gasteiger partial charge in [-0.2, -0.15) is 0 Å². The summed E-state index contributed by atoms with van der Waals surface area (Å²) in [6.45, 7) is 5.76. The summed E-state index contributed by atoms with van der Waals surface area (Å²) in [6.07, 6.45) is 0. The van der Waals surface area contributed by atoms with E-state index in [0.29, 0.717) is 6.07 Å². The van der Waals surface area contributed by atoms with Crippen molar-refractivity contribution in [2.45, 2.75) is 20.8 Å². The lowest BCUT2D eigenvalue weighted by molar-refractivity contribution is 0.0728. The van der Waals surface area contributed by atoms with Crippen LogP contribution in [-0.4, -0.2) is 5.97 Å². The Kier molecular flexibility index (Phi) is 9.23. The van der Waals surface area contributed by atoms with Gasteiger partial charge in [-0.05, 0) is 46.6 Å². The fourth-order valence-electron chi connectivity index (χ4n) is 2.56. The minimum atomic E-state index is -1.48. The fourth-order valence-corrected chi connectivity index (χ4v) is 3.53. The van der Waals surface area contributed by atoms with Crippen LogP contribution in [0.4, 0.5) is 33.3 Å². The fraction of sp³-hybridized carbons (Fsp3) is 0.136. The highest BCUT2D eigenvalue weighted by Crippen LogP contribution is 2.34. The molecule has 3 nitrogen and oxygen atoms in total. The third kappa shape index (κ3) is 5.83. The van der Waals surface area contributed by atoms with Gasteiger partial charge in [0.05, 0.1) is 26.4 Å². The molecular weight excluding hydrogens is 552 g/mol. The number of hydrogen-bond acceptors (Lipinski definition) is 3. The maximum atomic E-state index is 14.7. The molecule has 0 spiro atoms. The van der Waals surface area contributed by atoms with Crippen LogP contribution in [-0.2, 0) is 0 Å². The molecule has 0 amide bonds. The number of nitrogens with one attached hydrogen (secondary N) is 1. The number of anilines is 2. The second-order valence-corrected chi connectivity index (χ2v) is 8.14. The van der Waals surface area contributed by atoms with Crippen molar-refractivity contribution in [2.75, 3.05) is 5.32 Å². The minimum absolute atomic E-state index is 0.146. The molecular formula is C22H17BrClF5NO2P. The molecule has 3 aromatic carbocycles. The number of carbonyl (C=O) groups excluding carboxylic acids is 1. The maximum absolute atomic E-state index is 14.7. The van der Waals surface area contributed by atoms with E-state index in [1.807, 2.05) is 13.8 Å². The van der Waals surface area contributed by atoms with Gasteiger partial charge in [-0.1, -0.05) is 40.8 Å². The Morgan fingerprint density at radius 1 is 1.00 bits per heavy atom. The second-order valence-electron chi connectivity index (χ2n) is 6.30. The number of esters is 1. The normalized spacial score (nSPS) is 10.4. The van der Waals surface area contributed by atoms with E-state index >= 15 is 0 Å². The summed E-state index contributed by atoms with van der Waals surface area (Å²) in [7, 11) is 1.64. The molecule has 1 N–H and O–H groups in total. The van der Waals surface area contributed by atoms with Crippen LogP contribution in [0.5, 0.6) is 5.75 Å². The van der Waals surface area contributed by atoms with Crippen LogP contribution in [0, 0.1) is 36.0 Å². The maximum Gasteiger partial charge on any atom is 0.345 e. The largest absolute Gasteiger partial charge is 0.420 e. The van der Waals surface area contributed by atoms with Crippen LogP contribution >= 0.6 is 36.8 Å². The molecule has 0 fully saturated rings. The number of benzene rings is 3. The molecule has 11 heteroatoms. The van der Waals surface area contributed by atoms with Crippen LogP contribution in [0.1, 0.15) is 29.8 Å². The molecule has 0 saturated carbocycles. The topological polar surface area (TPSA) is 38.3 Å². The predicted octanol–water partition coefficient (Wildman–Crippen LogP) is 7.60. The Balaban J connectivity index is 0.00000187. The van der Waals surface area contributed by atoms with E-state index in [1.54, 1.807) is 28.3 Å². The van der Waals surface area contributed by atoms with Crippen molar-refractivity contribution < 1.29 is 31.5 Å². The molecule has 176 valence electrons. The van der Waals surface area contributed by atoms with Crippen molar-refractivity contribution in [1.29, 1.82) is 0 Å². The van der Waals surface area contributed by atoms with E-state index < -0.39 is 61.8 Å². The summed E-state index contributed by atoms with van der Waals surface area (Å²) in [4.78, 5) is 12.6. The molecule has 1 unspecified atom stereocenters. The zero-order valence-electron chi connectivity index (χ0n) is 17.4. The molecule has 0 aliphatic carbocycles. The quantitative estimate of drug-likeness (QED) is 0.0880. The Hall–Kier alpha value is -2.22. The molecule has 0 saturated heterocycles. The van der Waals surface area contributed by atoms with Crippen molar-refractivity contribution in [2.24, 2.45) is 0 Å². The number of rotatable bonds is 4. The molecule has 0 heterocycles. The van der Waals surface area contributed by atoms with Crippen molar-refractivity contribution in [1.82, 2.24) is 0 Å². The SMILES string of the molecule is CC.Cc1ccc(Nc2c(C(=O)Oc3cc(F)c(F)c(P)c3F)cc(Br)c(F)c2F)c(Cl)c1. The van der Waals surface area contributed by atoms with Crippen LogP contribution in [0.3, 0.4) is 0 Å². The van der Waals surface area contributed by atoms with Crippen molar-refractivity contribution >= 4 is 59.4 Å². The van der Waals surface area contributed by atoms with Gasteiger partial charge >= 0.3 is 5.97 Å². The molecule has 0 radical (unpaired) electrons. The van der Waals surface area contributed by atoms with Crippen LogP contribution in [0.25, 0.3) is 0 Å². The van der Waals surface area contributed by atoms with Gasteiger partial charge in [-0.3, -0.25) is 0 Å². The predicted molar refractivity (Wildman–Crippen MR) is 125 cm³/mol. The Morgan fingerprint density at radius 2 is 1.64 bits per heavy atom. The summed E-state index contributed by atoms with van der Waals surface area (Å²) >= 11 is 8.88. The average Bonchev–Trinajstić information content (AvgIpc) is 2.78. The second kappa shape index (κ2) is 11.3. The van der Waals surface area contributed by atoms with Gasteiger partial charge < -0.3 is 10.1 Å². The molecule has 3 rings (SSSR count). The summed E-state index contributed by atoms with van der Waals surface area (Å²) in [5, 5.41) is 1.88. The van der Waals surface area contributed by atoms with E-state index in [2.05, 4.69) is 21.2 Å². The first kappa shape index (κ1) is 27.0. The van der Waals surface area contributed by atoms with Gasteiger partial charge in [-0.15, -0.1) is 0 Å². The molecule has 33 heavy (non-hydrogen) atoms. The average molecular weight is 569 g/mol. The standard InChI is InChI=1S/C20H11BrClF5NO2P.C2H6/c1-7-2-3-12(10(22)4-7)28-18-8(5-9(21)14(24)17(18)27)20(29)30-13-6-11(23)15(25)19(31)16(13)26;1-2/h2-6,28H,31H2,1H3;1-2H3. The van der Waals surface area contributed by atoms with Crippen LogP contribution in [0.2, 0.25) is 5.02 Å². The van der Waals surface area contributed by atoms with Gasteiger partial charge in [-0.25, -0.2) is 26.7 Å². The zero-order chi connectivity index (χ0) is 25.0. The lowest BCUT2D eigenvalue weighted by Crippen LogP contribution is -2.17. The third-order valence-electron chi connectivity index (χ3n) is 4.13. The Morgan fingerprint density at radius 3 is 2.24 bits per heavy atom. The number of ether oxygens (including phenoxy) is 1. The van der Waals surface area contributed by atoms with Crippen molar-refractivity contribution in [3.05, 3.63) is 80.0 Å². The Bertz CT molecular complexity index is 1230. The van der Waals surface area contributed by atoms with Crippen molar-refractivity contribution in [3.8, 4) is 5.75 Å². The highest BCUT2D eigenvalue weighted by atomic mass is 79.9.